The fourth-order valence-electron chi connectivity index (χ4n) is 4.04. The minimum absolute atomic E-state index is 0.0402. The van der Waals surface area contributed by atoms with Crippen LogP contribution in [0, 0.1) is 5.82 Å². The molecule has 0 amide bonds. The van der Waals surface area contributed by atoms with Crippen molar-refractivity contribution in [3.63, 3.8) is 0 Å². The maximum atomic E-state index is 13.6. The Hall–Kier alpha value is -3.25. The Morgan fingerprint density at radius 1 is 1.16 bits per heavy atom. The zero-order valence-corrected chi connectivity index (χ0v) is 18.2. The quantitative estimate of drug-likeness (QED) is 0.433. The smallest absolute Gasteiger partial charge is 0.309 e. The van der Waals surface area contributed by atoms with Gasteiger partial charge in [0.15, 0.2) is 0 Å². The highest BCUT2D eigenvalue weighted by Gasteiger charge is 2.25. The van der Waals surface area contributed by atoms with E-state index in [1.807, 2.05) is 42.5 Å². The number of carbonyl (C=O) groups excluding carboxylic acids is 1. The van der Waals surface area contributed by atoms with Crippen molar-refractivity contribution in [3.8, 4) is 22.5 Å². The number of aliphatic hydroxyl groups excluding tert-OH is 1. The molecule has 2 atom stereocenters. The summed E-state index contributed by atoms with van der Waals surface area (Å²) in [6.07, 6.45) is 3.07. The Bertz CT molecular complexity index is 1100. The van der Waals surface area contributed by atoms with E-state index in [1.54, 1.807) is 12.1 Å². The van der Waals surface area contributed by atoms with Crippen LogP contribution in [0.5, 0.6) is 0 Å². The number of imidazole rings is 1. The van der Waals surface area contributed by atoms with E-state index in [2.05, 4.69) is 18.4 Å². The van der Waals surface area contributed by atoms with Crippen LogP contribution in [0.4, 0.5) is 4.39 Å². The number of rotatable bonds is 6. The van der Waals surface area contributed by atoms with Crippen LogP contribution in [0.2, 0.25) is 0 Å². The lowest BCUT2D eigenvalue weighted by Gasteiger charge is -2.23. The normalized spacial score (nSPS) is 19.0. The Morgan fingerprint density at radius 2 is 1.88 bits per heavy atom. The summed E-state index contributed by atoms with van der Waals surface area (Å²) < 4.78 is 21.1. The molecule has 0 aliphatic carbocycles. The lowest BCUT2D eigenvalue weighted by Crippen LogP contribution is -2.31. The molecule has 2 aromatic carbocycles. The molecule has 166 valence electrons. The van der Waals surface area contributed by atoms with E-state index in [0.29, 0.717) is 13.0 Å². The molecule has 1 aromatic heterocycles. The summed E-state index contributed by atoms with van der Waals surface area (Å²) in [7, 11) is 0. The number of nitrogens with zero attached hydrogens (tertiary/aromatic N) is 2. The highest BCUT2D eigenvalue weighted by Crippen LogP contribution is 2.35. The monoisotopic (exact) mass is 434 g/mol. The summed E-state index contributed by atoms with van der Waals surface area (Å²) in [6.45, 7) is 4.68. The zero-order chi connectivity index (χ0) is 22.7. The molecule has 6 heteroatoms. The Balaban J connectivity index is 1.76. The predicted octanol–water partition coefficient (Wildman–Crippen LogP) is 5.10. The van der Waals surface area contributed by atoms with E-state index in [4.69, 9.17) is 9.72 Å². The van der Waals surface area contributed by atoms with Gasteiger partial charge in [-0.1, -0.05) is 50.3 Å². The fourth-order valence-corrected chi connectivity index (χ4v) is 4.04. The first-order chi connectivity index (χ1) is 15.4. The number of hydrogen-bond donors (Lipinski definition) is 1. The molecular weight excluding hydrogens is 407 g/mol. The number of halogens is 1. The van der Waals surface area contributed by atoms with Gasteiger partial charge in [0.05, 0.1) is 23.9 Å². The number of aliphatic hydroxyl groups is 1. The van der Waals surface area contributed by atoms with Gasteiger partial charge in [-0.2, -0.15) is 0 Å². The van der Waals surface area contributed by atoms with Crippen molar-refractivity contribution < 1.29 is 19.0 Å². The number of ether oxygens (including phenoxy) is 1. The van der Waals surface area contributed by atoms with Crippen molar-refractivity contribution in [2.75, 3.05) is 0 Å². The van der Waals surface area contributed by atoms with E-state index < -0.39 is 12.2 Å². The van der Waals surface area contributed by atoms with Gasteiger partial charge in [0, 0.05) is 30.0 Å². The molecule has 0 bridgehead atoms. The molecule has 4 rings (SSSR count). The number of allylic oxidation sites excluding steroid dienone is 1. The second kappa shape index (κ2) is 9.49. The lowest BCUT2D eigenvalue weighted by molar-refractivity contribution is -0.156. The maximum absolute atomic E-state index is 13.6. The van der Waals surface area contributed by atoms with Gasteiger partial charge in [0.2, 0.25) is 0 Å². The lowest BCUT2D eigenvalue weighted by atomic mass is 10.0. The van der Waals surface area contributed by atoms with Crippen LogP contribution in [0.3, 0.4) is 0 Å². The number of aromatic nitrogens is 2. The summed E-state index contributed by atoms with van der Waals surface area (Å²) in [5.74, 6) is 0.396. The number of carbonyl (C=O) groups is 1. The molecule has 0 radical (unpaired) electrons. The first-order valence-electron chi connectivity index (χ1n) is 10.9. The highest BCUT2D eigenvalue weighted by molar-refractivity contribution is 5.79. The molecule has 1 fully saturated rings. The van der Waals surface area contributed by atoms with Gasteiger partial charge in [0.1, 0.15) is 17.7 Å². The van der Waals surface area contributed by atoms with Crippen molar-refractivity contribution in [2.24, 2.45) is 0 Å². The molecule has 0 spiro atoms. The number of benzene rings is 2. The van der Waals surface area contributed by atoms with Crippen LogP contribution in [0.15, 0.2) is 66.7 Å². The van der Waals surface area contributed by atoms with Crippen molar-refractivity contribution in [3.05, 3.63) is 78.4 Å². The minimum Gasteiger partial charge on any atom is -0.458 e. The number of hydrogen-bond acceptors (Lipinski definition) is 4. The average molecular weight is 435 g/mol. The van der Waals surface area contributed by atoms with E-state index in [-0.39, 0.29) is 24.1 Å². The summed E-state index contributed by atoms with van der Waals surface area (Å²) >= 11 is 0. The van der Waals surface area contributed by atoms with Gasteiger partial charge in [-0.05, 0) is 30.3 Å². The molecule has 2 unspecified atom stereocenters. The van der Waals surface area contributed by atoms with Gasteiger partial charge in [-0.15, -0.1) is 0 Å². The van der Waals surface area contributed by atoms with Crippen LogP contribution in [-0.4, -0.2) is 32.8 Å². The standard InChI is InChI=1S/C26H27FN2O3/c1-17(2)26-28-24(18-7-4-3-5-8-18)25(19-10-12-20(27)13-11-19)29(26)14-6-9-22-15-21(30)16-23(31)32-22/h3-13,17,21-22,30H,14-16H2,1-2H3. The van der Waals surface area contributed by atoms with Crippen LogP contribution in [-0.2, 0) is 16.1 Å². The van der Waals surface area contributed by atoms with E-state index >= 15 is 0 Å². The van der Waals surface area contributed by atoms with Gasteiger partial charge in [0.25, 0.3) is 0 Å². The van der Waals surface area contributed by atoms with Crippen LogP contribution in [0.25, 0.3) is 22.5 Å². The van der Waals surface area contributed by atoms with Gasteiger partial charge in [-0.3, -0.25) is 4.79 Å². The summed E-state index contributed by atoms with van der Waals surface area (Å²) in [5, 5.41) is 9.85. The second-order valence-electron chi connectivity index (χ2n) is 8.36. The maximum Gasteiger partial charge on any atom is 0.309 e. The predicted molar refractivity (Wildman–Crippen MR) is 121 cm³/mol. The SMILES string of the molecule is CC(C)c1nc(-c2ccccc2)c(-c2ccc(F)cc2)n1CC=CC1CC(O)CC(=O)O1. The van der Waals surface area contributed by atoms with E-state index in [0.717, 1.165) is 28.3 Å². The molecule has 32 heavy (non-hydrogen) atoms. The molecule has 0 saturated carbocycles. The number of cyclic esters (lactones) is 1. The van der Waals surface area contributed by atoms with E-state index in [1.165, 1.54) is 12.1 Å². The average Bonchev–Trinajstić information content (AvgIpc) is 3.14. The third-order valence-corrected chi connectivity index (χ3v) is 5.51. The molecule has 2 heterocycles. The molecule has 1 saturated heterocycles. The molecule has 1 N–H and O–H groups in total. The molecular formula is C26H27FN2O3. The molecule has 1 aliphatic rings. The molecule has 1 aliphatic heterocycles. The largest absolute Gasteiger partial charge is 0.458 e. The van der Waals surface area contributed by atoms with Crippen LogP contribution < -0.4 is 0 Å². The molecule has 3 aromatic rings. The topological polar surface area (TPSA) is 64.3 Å². The Labute approximate surface area is 187 Å². The summed E-state index contributed by atoms with van der Waals surface area (Å²) in [4.78, 5) is 16.6. The van der Waals surface area contributed by atoms with Crippen molar-refractivity contribution in [1.82, 2.24) is 9.55 Å². The first-order valence-corrected chi connectivity index (χ1v) is 10.9. The van der Waals surface area contributed by atoms with E-state index in [9.17, 15) is 14.3 Å². The molecule has 5 nitrogen and oxygen atoms in total. The highest BCUT2D eigenvalue weighted by atomic mass is 19.1. The zero-order valence-electron chi connectivity index (χ0n) is 18.2. The summed E-state index contributed by atoms with van der Waals surface area (Å²) in [6, 6.07) is 16.4. The first kappa shape index (κ1) is 22.0. The van der Waals surface area contributed by atoms with Crippen molar-refractivity contribution in [1.29, 1.82) is 0 Å². The van der Waals surface area contributed by atoms with Crippen molar-refractivity contribution in [2.45, 2.75) is 51.4 Å². The Morgan fingerprint density at radius 3 is 2.53 bits per heavy atom. The third-order valence-electron chi connectivity index (χ3n) is 5.51. The van der Waals surface area contributed by atoms with Crippen LogP contribution in [0.1, 0.15) is 38.4 Å². The fraction of sp³-hybridized carbons (Fsp3) is 0.308. The Kier molecular flexibility index (Phi) is 6.51. The minimum atomic E-state index is -0.676. The van der Waals surface area contributed by atoms with Gasteiger partial charge < -0.3 is 14.4 Å². The second-order valence-corrected chi connectivity index (χ2v) is 8.36. The number of esters is 1. The van der Waals surface area contributed by atoms with Crippen molar-refractivity contribution >= 4 is 5.97 Å². The van der Waals surface area contributed by atoms with Crippen LogP contribution >= 0.6 is 0 Å². The van der Waals surface area contributed by atoms with Gasteiger partial charge in [-0.25, -0.2) is 9.37 Å². The third kappa shape index (κ3) is 4.81. The summed E-state index contributed by atoms with van der Waals surface area (Å²) in [5.41, 5.74) is 3.61. The van der Waals surface area contributed by atoms with Gasteiger partial charge >= 0.3 is 5.97 Å².